The van der Waals surface area contributed by atoms with Gasteiger partial charge in [-0.3, -0.25) is 4.79 Å². The van der Waals surface area contributed by atoms with Crippen molar-refractivity contribution in [3.8, 4) is 17.2 Å². The van der Waals surface area contributed by atoms with E-state index in [0.29, 0.717) is 11.1 Å². The lowest BCUT2D eigenvalue weighted by molar-refractivity contribution is -0.119. The van der Waals surface area contributed by atoms with Crippen molar-refractivity contribution in [1.29, 1.82) is 0 Å². The van der Waals surface area contributed by atoms with Gasteiger partial charge < -0.3 is 14.5 Å². The topological polar surface area (TPSA) is 77.2 Å². The summed E-state index contributed by atoms with van der Waals surface area (Å²) < 4.78 is 10.7. The molecule has 0 spiro atoms. The van der Waals surface area contributed by atoms with Gasteiger partial charge in [0.25, 0.3) is 5.22 Å². The van der Waals surface area contributed by atoms with Gasteiger partial charge in [-0.15, -0.1) is 21.5 Å². The number of benzene rings is 1. The van der Waals surface area contributed by atoms with Crippen LogP contribution in [0.15, 0.2) is 51.4 Å². The second kappa shape index (κ2) is 8.17. The molecule has 1 amide bonds. The largest absolute Gasteiger partial charge is 0.497 e. The summed E-state index contributed by atoms with van der Waals surface area (Å²) in [5.74, 6) is 1.32. The molecule has 1 atom stereocenters. The molecular weight excluding hydrogens is 358 g/mol. The van der Waals surface area contributed by atoms with Gasteiger partial charge in [0.15, 0.2) is 0 Å². The lowest BCUT2D eigenvalue weighted by Gasteiger charge is -2.11. The summed E-state index contributed by atoms with van der Waals surface area (Å²) in [6.07, 6.45) is 0. The highest BCUT2D eigenvalue weighted by Crippen LogP contribution is 2.25. The maximum atomic E-state index is 12.0. The smallest absolute Gasteiger partial charge is 0.277 e. The van der Waals surface area contributed by atoms with Crippen molar-refractivity contribution in [3.63, 3.8) is 0 Å². The lowest BCUT2D eigenvalue weighted by atomic mass is 10.2. The molecule has 0 unspecified atom stereocenters. The first-order valence-electron chi connectivity index (χ1n) is 7.59. The molecule has 0 bridgehead atoms. The number of thioether (sulfide) groups is 1. The number of aromatic nitrogens is 2. The van der Waals surface area contributed by atoms with Crippen LogP contribution in [0.1, 0.15) is 17.8 Å². The number of amides is 1. The van der Waals surface area contributed by atoms with Crippen molar-refractivity contribution in [3.05, 3.63) is 46.7 Å². The minimum Gasteiger partial charge on any atom is -0.497 e. The molecule has 0 radical (unpaired) electrons. The van der Waals surface area contributed by atoms with Gasteiger partial charge in [-0.05, 0) is 42.6 Å². The minimum absolute atomic E-state index is 0.00866. The molecule has 0 aliphatic rings. The van der Waals surface area contributed by atoms with Crippen molar-refractivity contribution in [1.82, 2.24) is 15.5 Å². The number of hydrogen-bond donors (Lipinski definition) is 1. The summed E-state index contributed by atoms with van der Waals surface area (Å²) in [7, 11) is 1.61. The van der Waals surface area contributed by atoms with Crippen LogP contribution in [0.5, 0.6) is 5.75 Å². The maximum Gasteiger partial charge on any atom is 0.277 e. The van der Waals surface area contributed by atoms with Crippen LogP contribution in [0.4, 0.5) is 0 Å². The zero-order chi connectivity index (χ0) is 17.6. The average Bonchev–Trinajstić information content (AvgIpc) is 3.32. The minimum atomic E-state index is -0.0740. The van der Waals surface area contributed by atoms with Gasteiger partial charge in [0.05, 0.1) is 18.9 Å². The van der Waals surface area contributed by atoms with E-state index in [1.807, 2.05) is 48.7 Å². The van der Waals surface area contributed by atoms with Gasteiger partial charge in [0.1, 0.15) is 5.75 Å². The van der Waals surface area contributed by atoms with Gasteiger partial charge >= 0.3 is 0 Å². The normalized spacial score (nSPS) is 11.9. The lowest BCUT2D eigenvalue weighted by Crippen LogP contribution is -2.27. The third-order valence-corrected chi connectivity index (χ3v) is 5.29. The van der Waals surface area contributed by atoms with Gasteiger partial charge in [0, 0.05) is 10.4 Å². The van der Waals surface area contributed by atoms with Crippen molar-refractivity contribution >= 4 is 29.0 Å². The van der Waals surface area contributed by atoms with E-state index in [2.05, 4.69) is 15.5 Å². The molecular formula is C17H17N3O3S2. The monoisotopic (exact) mass is 375 g/mol. The molecule has 3 aromatic rings. The van der Waals surface area contributed by atoms with Crippen LogP contribution < -0.4 is 10.1 Å². The van der Waals surface area contributed by atoms with E-state index < -0.39 is 0 Å². The SMILES string of the molecule is COc1ccc(-c2nnc(SCC(=O)N[C@H](C)c3cccs3)o2)cc1. The molecule has 1 N–H and O–H groups in total. The van der Waals surface area contributed by atoms with Crippen molar-refractivity contribution in [2.24, 2.45) is 0 Å². The molecule has 2 aromatic heterocycles. The fourth-order valence-corrected chi connectivity index (χ4v) is 3.45. The number of ether oxygens (including phenoxy) is 1. The Morgan fingerprint density at radius 1 is 1.32 bits per heavy atom. The first-order chi connectivity index (χ1) is 12.2. The Kier molecular flexibility index (Phi) is 5.72. The molecule has 2 heterocycles. The molecule has 0 saturated heterocycles. The highest BCUT2D eigenvalue weighted by Gasteiger charge is 2.14. The Balaban J connectivity index is 1.53. The van der Waals surface area contributed by atoms with E-state index in [9.17, 15) is 4.79 Å². The fraction of sp³-hybridized carbons (Fsp3) is 0.235. The standard InChI is InChI=1S/C17H17N3O3S2/c1-11(14-4-3-9-24-14)18-15(21)10-25-17-20-19-16(23-17)12-5-7-13(22-2)8-6-12/h3-9,11H,10H2,1-2H3,(H,18,21)/t11-/m1/s1. The molecule has 0 saturated carbocycles. The Morgan fingerprint density at radius 2 is 2.12 bits per heavy atom. The van der Waals surface area contributed by atoms with Gasteiger partial charge in [0.2, 0.25) is 11.8 Å². The third-order valence-electron chi connectivity index (χ3n) is 3.42. The second-order valence-electron chi connectivity index (χ2n) is 5.19. The highest BCUT2D eigenvalue weighted by molar-refractivity contribution is 7.99. The van der Waals surface area contributed by atoms with Crippen LogP contribution in [0.25, 0.3) is 11.5 Å². The number of rotatable bonds is 7. The summed E-state index contributed by atoms with van der Waals surface area (Å²) >= 11 is 2.84. The molecule has 25 heavy (non-hydrogen) atoms. The number of carbonyl (C=O) groups excluding carboxylic acids is 1. The Bertz CT molecular complexity index is 816. The maximum absolute atomic E-state index is 12.0. The molecule has 3 rings (SSSR count). The molecule has 8 heteroatoms. The van der Waals surface area contributed by atoms with Crippen molar-refractivity contribution < 1.29 is 13.9 Å². The van der Waals surface area contributed by atoms with Crippen LogP contribution in [-0.2, 0) is 4.79 Å². The third kappa shape index (κ3) is 4.61. The van der Waals surface area contributed by atoms with E-state index in [0.717, 1.165) is 16.2 Å². The van der Waals surface area contributed by atoms with Crippen LogP contribution >= 0.6 is 23.1 Å². The number of nitrogens with one attached hydrogen (secondary N) is 1. The van der Waals surface area contributed by atoms with E-state index in [1.165, 1.54) is 11.8 Å². The summed E-state index contributed by atoms with van der Waals surface area (Å²) in [5.41, 5.74) is 0.802. The van der Waals surface area contributed by atoms with Crippen LogP contribution in [0.2, 0.25) is 0 Å². The molecule has 0 aliphatic carbocycles. The molecule has 0 aliphatic heterocycles. The van der Waals surface area contributed by atoms with E-state index >= 15 is 0 Å². The van der Waals surface area contributed by atoms with Crippen molar-refractivity contribution in [2.75, 3.05) is 12.9 Å². The van der Waals surface area contributed by atoms with Gasteiger partial charge in [-0.1, -0.05) is 17.8 Å². The zero-order valence-corrected chi connectivity index (χ0v) is 15.4. The van der Waals surface area contributed by atoms with Crippen LogP contribution in [-0.4, -0.2) is 29.0 Å². The average molecular weight is 375 g/mol. The number of nitrogens with zero attached hydrogens (tertiary/aromatic N) is 2. The Morgan fingerprint density at radius 3 is 2.80 bits per heavy atom. The summed E-state index contributed by atoms with van der Waals surface area (Å²) in [6.45, 7) is 1.96. The van der Waals surface area contributed by atoms with Gasteiger partial charge in [-0.25, -0.2) is 0 Å². The predicted molar refractivity (Wildman–Crippen MR) is 97.9 cm³/mol. The van der Waals surface area contributed by atoms with Crippen LogP contribution in [0, 0.1) is 0 Å². The summed E-state index contributed by atoms with van der Waals surface area (Å²) in [5, 5.41) is 13.3. The highest BCUT2D eigenvalue weighted by atomic mass is 32.2. The van der Waals surface area contributed by atoms with E-state index in [1.54, 1.807) is 18.4 Å². The fourth-order valence-electron chi connectivity index (χ4n) is 2.14. The first-order valence-corrected chi connectivity index (χ1v) is 9.45. The van der Waals surface area contributed by atoms with Gasteiger partial charge in [-0.2, -0.15) is 0 Å². The molecule has 6 nitrogen and oxygen atoms in total. The first kappa shape index (κ1) is 17.5. The molecule has 0 fully saturated rings. The summed E-state index contributed by atoms with van der Waals surface area (Å²) in [4.78, 5) is 13.2. The van der Waals surface area contributed by atoms with Crippen LogP contribution in [0.3, 0.4) is 0 Å². The Hall–Kier alpha value is -2.32. The van der Waals surface area contributed by atoms with E-state index in [-0.39, 0.29) is 17.7 Å². The zero-order valence-electron chi connectivity index (χ0n) is 13.8. The summed E-state index contributed by atoms with van der Waals surface area (Å²) in [6, 6.07) is 11.3. The Labute approximate surface area is 153 Å². The predicted octanol–water partition coefficient (Wildman–Crippen LogP) is 3.78. The molecule has 1 aromatic carbocycles. The van der Waals surface area contributed by atoms with E-state index in [4.69, 9.17) is 9.15 Å². The number of methoxy groups -OCH3 is 1. The molecule has 130 valence electrons. The number of hydrogen-bond acceptors (Lipinski definition) is 7. The number of carbonyl (C=O) groups is 1. The quantitative estimate of drug-likeness (QED) is 0.633. The second-order valence-corrected chi connectivity index (χ2v) is 7.10. The van der Waals surface area contributed by atoms with Crippen molar-refractivity contribution in [2.45, 2.75) is 18.2 Å². The number of thiophene rings is 1.